The van der Waals surface area contributed by atoms with E-state index in [4.69, 9.17) is 4.52 Å². The Morgan fingerprint density at radius 2 is 1.71 bits per heavy atom. The van der Waals surface area contributed by atoms with E-state index in [-0.39, 0.29) is 0 Å². The molecule has 0 aliphatic rings. The number of aryl methyl sites for hydroxylation is 2. The molecule has 0 amide bonds. The number of hydrogen-bond acceptors (Lipinski definition) is 4. The first kappa shape index (κ1) is 16.4. The number of fused-ring (bicyclic) bond motifs is 1. The second kappa shape index (κ2) is 6.46. The summed E-state index contributed by atoms with van der Waals surface area (Å²) in [5.74, 6) is 0.803. The Morgan fingerprint density at radius 3 is 2.50 bits per heavy atom. The van der Waals surface area contributed by atoms with Crippen molar-refractivity contribution >= 4 is 11.0 Å². The van der Waals surface area contributed by atoms with E-state index in [9.17, 15) is 0 Å². The minimum Gasteiger partial charge on any atom is -0.361 e. The molecule has 0 spiro atoms. The molecule has 1 N–H and O–H groups in total. The van der Waals surface area contributed by atoms with Crippen LogP contribution >= 0.6 is 0 Å². The van der Waals surface area contributed by atoms with Gasteiger partial charge >= 0.3 is 0 Å². The van der Waals surface area contributed by atoms with Gasteiger partial charge in [0.2, 0.25) is 0 Å². The Morgan fingerprint density at radius 1 is 0.857 bits per heavy atom. The Kier molecular flexibility index (Phi) is 3.79. The third-order valence-electron chi connectivity index (χ3n) is 4.99. The van der Waals surface area contributed by atoms with Crippen LogP contribution in [-0.4, -0.2) is 20.1 Å². The highest BCUT2D eigenvalue weighted by Gasteiger charge is 2.18. The van der Waals surface area contributed by atoms with Gasteiger partial charge in [-0.25, -0.2) is 4.98 Å². The van der Waals surface area contributed by atoms with E-state index in [2.05, 4.69) is 50.4 Å². The lowest BCUT2D eigenvalue weighted by Gasteiger charge is -2.12. The molecule has 5 nitrogen and oxygen atoms in total. The third-order valence-corrected chi connectivity index (χ3v) is 4.99. The van der Waals surface area contributed by atoms with Crippen LogP contribution in [0.4, 0.5) is 0 Å². The molecular formula is C23H18N4O. The highest BCUT2D eigenvalue weighted by Crippen LogP contribution is 2.38. The summed E-state index contributed by atoms with van der Waals surface area (Å²) in [7, 11) is 0. The lowest BCUT2D eigenvalue weighted by atomic mass is 9.94. The number of hydrogen-bond donors (Lipinski definition) is 1. The molecule has 0 aliphatic carbocycles. The number of pyridine rings is 1. The maximum absolute atomic E-state index is 5.39. The fourth-order valence-corrected chi connectivity index (χ4v) is 3.74. The molecule has 0 aliphatic heterocycles. The fraction of sp³-hybridized carbons (Fsp3) is 0.0870. The van der Waals surface area contributed by atoms with E-state index in [1.165, 1.54) is 0 Å². The van der Waals surface area contributed by atoms with Crippen molar-refractivity contribution in [3.05, 3.63) is 78.6 Å². The summed E-state index contributed by atoms with van der Waals surface area (Å²) in [6.07, 6.45) is 3.55. The number of nitrogens with zero attached hydrogens (tertiary/aromatic N) is 3. The van der Waals surface area contributed by atoms with Crippen molar-refractivity contribution in [2.45, 2.75) is 13.8 Å². The standard InChI is InChI=1S/C23H18N4O/c1-14-21(15(2)28-27-14)17-11-19(23-20(12-17)25-13-26-23)18-9-6-10-24-22(18)16-7-4-3-5-8-16/h3-13H,1-2H3,(H,25,26). The number of aromatic nitrogens is 4. The molecule has 0 radical (unpaired) electrons. The van der Waals surface area contributed by atoms with Crippen molar-refractivity contribution in [3.63, 3.8) is 0 Å². The van der Waals surface area contributed by atoms with Gasteiger partial charge in [0.1, 0.15) is 5.76 Å². The van der Waals surface area contributed by atoms with Crippen LogP contribution in [0.2, 0.25) is 0 Å². The first-order valence-electron chi connectivity index (χ1n) is 9.13. The molecule has 0 saturated heterocycles. The van der Waals surface area contributed by atoms with E-state index in [0.717, 1.165) is 56.0 Å². The Bertz CT molecular complexity index is 1270. The molecule has 2 aromatic carbocycles. The van der Waals surface area contributed by atoms with Gasteiger partial charge in [-0.15, -0.1) is 0 Å². The normalized spacial score (nSPS) is 11.2. The van der Waals surface area contributed by atoms with Crippen molar-refractivity contribution < 1.29 is 4.52 Å². The van der Waals surface area contributed by atoms with Gasteiger partial charge in [0.15, 0.2) is 0 Å². The topological polar surface area (TPSA) is 67.6 Å². The van der Waals surface area contributed by atoms with E-state index in [0.29, 0.717) is 0 Å². The predicted octanol–water partition coefficient (Wildman–Crippen LogP) is 5.56. The summed E-state index contributed by atoms with van der Waals surface area (Å²) in [4.78, 5) is 12.5. The van der Waals surface area contributed by atoms with Gasteiger partial charge in [-0.3, -0.25) is 4.98 Å². The van der Waals surface area contributed by atoms with Crippen molar-refractivity contribution in [2.75, 3.05) is 0 Å². The predicted molar refractivity (Wildman–Crippen MR) is 110 cm³/mol. The minimum absolute atomic E-state index is 0.803. The quantitative estimate of drug-likeness (QED) is 0.454. The minimum atomic E-state index is 0.803. The second-order valence-corrected chi connectivity index (χ2v) is 6.79. The zero-order valence-corrected chi connectivity index (χ0v) is 15.6. The summed E-state index contributed by atoms with van der Waals surface area (Å²) in [5, 5.41) is 4.11. The van der Waals surface area contributed by atoms with E-state index >= 15 is 0 Å². The molecule has 0 unspecified atom stereocenters. The largest absolute Gasteiger partial charge is 0.361 e. The molecule has 0 fully saturated rings. The molecule has 3 heterocycles. The van der Waals surface area contributed by atoms with Crippen LogP contribution in [0.25, 0.3) is 44.5 Å². The van der Waals surface area contributed by atoms with Crippen LogP contribution < -0.4 is 0 Å². The zero-order valence-electron chi connectivity index (χ0n) is 15.6. The highest BCUT2D eigenvalue weighted by molar-refractivity contribution is 5.99. The first-order chi connectivity index (χ1) is 13.7. The second-order valence-electron chi connectivity index (χ2n) is 6.79. The van der Waals surface area contributed by atoms with Gasteiger partial charge in [0.05, 0.1) is 28.7 Å². The molecule has 5 aromatic rings. The van der Waals surface area contributed by atoms with Gasteiger partial charge in [-0.2, -0.15) is 0 Å². The van der Waals surface area contributed by atoms with Crippen LogP contribution in [-0.2, 0) is 0 Å². The fourth-order valence-electron chi connectivity index (χ4n) is 3.74. The smallest absolute Gasteiger partial charge is 0.141 e. The molecule has 28 heavy (non-hydrogen) atoms. The maximum atomic E-state index is 5.39. The average molecular weight is 366 g/mol. The van der Waals surface area contributed by atoms with Gasteiger partial charge in [-0.1, -0.05) is 41.6 Å². The van der Waals surface area contributed by atoms with Crippen LogP contribution in [0.3, 0.4) is 0 Å². The molecule has 5 rings (SSSR count). The van der Waals surface area contributed by atoms with Crippen LogP contribution in [0.1, 0.15) is 11.5 Å². The number of H-pyrrole nitrogens is 1. The number of nitrogens with one attached hydrogen (secondary N) is 1. The van der Waals surface area contributed by atoms with Gasteiger partial charge < -0.3 is 9.51 Å². The Balaban J connectivity index is 1.81. The number of imidazole rings is 1. The maximum Gasteiger partial charge on any atom is 0.141 e. The van der Waals surface area contributed by atoms with Crippen LogP contribution in [0, 0.1) is 13.8 Å². The average Bonchev–Trinajstić information content (AvgIpc) is 3.34. The molecule has 5 heteroatoms. The summed E-state index contributed by atoms with van der Waals surface area (Å²) >= 11 is 0. The number of benzene rings is 2. The lowest BCUT2D eigenvalue weighted by Crippen LogP contribution is -1.91. The van der Waals surface area contributed by atoms with Crippen LogP contribution in [0.5, 0.6) is 0 Å². The van der Waals surface area contributed by atoms with Gasteiger partial charge in [0, 0.05) is 28.5 Å². The monoisotopic (exact) mass is 366 g/mol. The summed E-state index contributed by atoms with van der Waals surface area (Å²) in [5.41, 5.74) is 8.90. The van der Waals surface area contributed by atoms with Crippen molar-refractivity contribution in [1.29, 1.82) is 0 Å². The molecule has 0 bridgehead atoms. The Hall–Kier alpha value is -3.73. The molecule has 3 aromatic heterocycles. The van der Waals surface area contributed by atoms with E-state index in [1.807, 2.05) is 44.3 Å². The number of aromatic amines is 1. The molecular weight excluding hydrogens is 348 g/mol. The van der Waals surface area contributed by atoms with Crippen molar-refractivity contribution in [2.24, 2.45) is 0 Å². The third kappa shape index (κ3) is 2.60. The highest BCUT2D eigenvalue weighted by atomic mass is 16.5. The van der Waals surface area contributed by atoms with Crippen LogP contribution in [0.15, 0.2) is 71.6 Å². The Labute approximate surface area is 162 Å². The summed E-state index contributed by atoms with van der Waals surface area (Å²) in [6, 6.07) is 18.5. The molecule has 136 valence electrons. The van der Waals surface area contributed by atoms with Crippen molar-refractivity contribution in [1.82, 2.24) is 20.1 Å². The summed E-state index contributed by atoms with van der Waals surface area (Å²) < 4.78 is 5.39. The van der Waals surface area contributed by atoms with Crippen molar-refractivity contribution in [3.8, 4) is 33.5 Å². The molecule has 0 saturated carbocycles. The van der Waals surface area contributed by atoms with E-state index in [1.54, 1.807) is 6.33 Å². The van der Waals surface area contributed by atoms with Gasteiger partial charge in [-0.05, 0) is 37.6 Å². The zero-order chi connectivity index (χ0) is 19.1. The van der Waals surface area contributed by atoms with E-state index < -0.39 is 0 Å². The SMILES string of the molecule is Cc1noc(C)c1-c1cc(-c2cccnc2-c2ccccc2)c2nc[nH]c2c1. The lowest BCUT2D eigenvalue weighted by molar-refractivity contribution is 0.393. The summed E-state index contributed by atoms with van der Waals surface area (Å²) in [6.45, 7) is 3.90. The molecule has 0 atom stereocenters. The first-order valence-corrected chi connectivity index (χ1v) is 9.13. The van der Waals surface area contributed by atoms with Gasteiger partial charge in [0.25, 0.3) is 0 Å². The number of rotatable bonds is 3.